The summed E-state index contributed by atoms with van der Waals surface area (Å²) in [5, 5.41) is 12.6. The number of hydrogen-bond acceptors (Lipinski definition) is 3. The van der Waals surface area contributed by atoms with E-state index in [1.54, 1.807) is 0 Å². The van der Waals surface area contributed by atoms with Crippen LogP contribution in [0, 0.1) is 0 Å². The van der Waals surface area contributed by atoms with Gasteiger partial charge in [0, 0.05) is 5.69 Å². The van der Waals surface area contributed by atoms with Gasteiger partial charge in [-0.1, -0.05) is 6.07 Å². The molecule has 2 N–H and O–H groups in total. The maximum Gasteiger partial charge on any atom is 0.416 e. The van der Waals surface area contributed by atoms with Crippen molar-refractivity contribution < 1.29 is 27.9 Å². The zero-order valence-corrected chi connectivity index (χ0v) is 11.1. The minimum absolute atomic E-state index is 0.0560. The molecule has 0 spiro atoms. The minimum atomic E-state index is -4.52. The van der Waals surface area contributed by atoms with Crippen molar-refractivity contribution in [3.05, 3.63) is 51.7 Å². The van der Waals surface area contributed by atoms with Crippen LogP contribution in [-0.2, 0) is 6.18 Å². The van der Waals surface area contributed by atoms with Gasteiger partial charge in [-0.25, -0.2) is 4.79 Å². The Labute approximate surface area is 120 Å². The van der Waals surface area contributed by atoms with Crippen molar-refractivity contribution in [2.45, 2.75) is 6.18 Å². The molecule has 0 aliphatic heterocycles. The lowest BCUT2D eigenvalue weighted by Crippen LogP contribution is -2.14. The second-order valence-corrected chi connectivity index (χ2v) is 4.92. The third kappa shape index (κ3) is 3.40. The first kappa shape index (κ1) is 15.0. The molecular weight excluding hydrogens is 307 g/mol. The van der Waals surface area contributed by atoms with Crippen LogP contribution < -0.4 is 5.32 Å². The number of carboxylic acids is 1. The predicted molar refractivity (Wildman–Crippen MR) is 70.7 cm³/mol. The van der Waals surface area contributed by atoms with Crippen LogP contribution >= 0.6 is 11.3 Å². The number of hydrogen-bond donors (Lipinski definition) is 2. The number of halogens is 3. The fraction of sp³-hybridized carbons (Fsp3) is 0.0769. The summed E-state index contributed by atoms with van der Waals surface area (Å²) < 4.78 is 37.7. The van der Waals surface area contributed by atoms with Crippen LogP contribution in [-0.4, -0.2) is 17.0 Å². The number of thiophene rings is 1. The minimum Gasteiger partial charge on any atom is -0.478 e. The maximum atomic E-state index is 12.6. The van der Waals surface area contributed by atoms with Gasteiger partial charge in [-0.3, -0.25) is 4.79 Å². The molecular formula is C13H8F3NO3S. The Morgan fingerprint density at radius 1 is 1.19 bits per heavy atom. The average Bonchev–Trinajstić information content (AvgIpc) is 2.87. The van der Waals surface area contributed by atoms with Gasteiger partial charge in [-0.05, 0) is 29.6 Å². The number of carbonyl (C=O) groups is 2. The smallest absolute Gasteiger partial charge is 0.416 e. The van der Waals surface area contributed by atoms with Gasteiger partial charge in [0.2, 0.25) is 0 Å². The largest absolute Gasteiger partial charge is 0.478 e. The fourth-order valence-electron chi connectivity index (χ4n) is 1.61. The number of aromatic carboxylic acids is 1. The van der Waals surface area contributed by atoms with Crippen LogP contribution in [0.25, 0.3) is 0 Å². The lowest BCUT2D eigenvalue weighted by molar-refractivity contribution is -0.137. The number of rotatable bonds is 3. The molecule has 2 aromatic rings. The first-order valence-corrected chi connectivity index (χ1v) is 6.46. The summed E-state index contributed by atoms with van der Waals surface area (Å²) in [7, 11) is 0. The molecule has 0 aliphatic rings. The van der Waals surface area contributed by atoms with Gasteiger partial charge in [0.25, 0.3) is 5.91 Å². The third-order valence-corrected chi connectivity index (χ3v) is 3.46. The number of nitrogens with one attached hydrogen (secondary N) is 1. The quantitative estimate of drug-likeness (QED) is 0.907. The summed E-state index contributed by atoms with van der Waals surface area (Å²) in [6.07, 6.45) is -4.52. The van der Waals surface area contributed by atoms with E-state index in [2.05, 4.69) is 5.32 Å². The number of amides is 1. The predicted octanol–water partition coefficient (Wildman–Crippen LogP) is 3.72. The summed E-state index contributed by atoms with van der Waals surface area (Å²) in [6.45, 7) is 0. The topological polar surface area (TPSA) is 66.4 Å². The van der Waals surface area contributed by atoms with Gasteiger partial charge < -0.3 is 10.4 Å². The molecule has 1 heterocycles. The summed E-state index contributed by atoms with van der Waals surface area (Å²) in [5.74, 6) is -2.04. The van der Waals surface area contributed by atoms with Crippen molar-refractivity contribution >= 4 is 28.9 Å². The van der Waals surface area contributed by atoms with Crippen LogP contribution in [0.5, 0.6) is 0 Å². The van der Waals surface area contributed by atoms with E-state index in [4.69, 9.17) is 5.11 Å². The molecule has 0 atom stereocenters. The fourth-order valence-corrected chi connectivity index (χ4v) is 2.40. The zero-order chi connectivity index (χ0) is 15.6. The molecule has 8 heteroatoms. The van der Waals surface area contributed by atoms with Crippen molar-refractivity contribution in [1.29, 1.82) is 0 Å². The van der Waals surface area contributed by atoms with E-state index in [0.717, 1.165) is 29.5 Å². The van der Waals surface area contributed by atoms with Gasteiger partial charge in [0.05, 0.1) is 11.1 Å². The van der Waals surface area contributed by atoms with Gasteiger partial charge in [0.15, 0.2) is 0 Å². The normalized spacial score (nSPS) is 11.2. The van der Waals surface area contributed by atoms with Crippen molar-refractivity contribution in [3.8, 4) is 0 Å². The molecule has 2 rings (SSSR count). The van der Waals surface area contributed by atoms with Crippen molar-refractivity contribution in [2.75, 3.05) is 5.32 Å². The first-order chi connectivity index (χ1) is 9.79. The van der Waals surface area contributed by atoms with Crippen LogP contribution in [0.15, 0.2) is 35.7 Å². The van der Waals surface area contributed by atoms with Crippen LogP contribution in [0.3, 0.4) is 0 Å². The van der Waals surface area contributed by atoms with E-state index in [0.29, 0.717) is 0 Å². The average molecular weight is 315 g/mol. The van der Waals surface area contributed by atoms with Gasteiger partial charge in [0.1, 0.15) is 4.88 Å². The second kappa shape index (κ2) is 5.57. The highest BCUT2D eigenvalue weighted by molar-refractivity contribution is 7.12. The lowest BCUT2D eigenvalue weighted by atomic mass is 10.2. The number of alkyl halides is 3. The van der Waals surface area contributed by atoms with Crippen molar-refractivity contribution in [1.82, 2.24) is 0 Å². The Morgan fingerprint density at radius 3 is 2.52 bits per heavy atom. The van der Waals surface area contributed by atoms with Gasteiger partial charge >= 0.3 is 12.1 Å². The number of carbonyl (C=O) groups excluding carboxylic acids is 1. The Hall–Kier alpha value is -2.35. The molecule has 0 aliphatic carbocycles. The second-order valence-electron chi connectivity index (χ2n) is 4.00. The van der Waals surface area contributed by atoms with E-state index in [9.17, 15) is 22.8 Å². The molecule has 0 unspecified atom stereocenters. The highest BCUT2D eigenvalue weighted by atomic mass is 32.1. The summed E-state index contributed by atoms with van der Waals surface area (Å²) in [6, 6.07) is 5.37. The van der Waals surface area contributed by atoms with Crippen molar-refractivity contribution in [3.63, 3.8) is 0 Å². The van der Waals surface area contributed by atoms with Crippen LogP contribution in [0.1, 0.15) is 25.6 Å². The number of anilines is 1. The molecule has 0 saturated carbocycles. The Bertz CT molecular complexity index is 694. The molecule has 110 valence electrons. The van der Waals surface area contributed by atoms with E-state index in [-0.39, 0.29) is 16.1 Å². The van der Waals surface area contributed by atoms with Gasteiger partial charge in [-0.2, -0.15) is 13.2 Å². The molecule has 1 aromatic carbocycles. The number of benzene rings is 1. The van der Waals surface area contributed by atoms with E-state index in [1.165, 1.54) is 17.5 Å². The highest BCUT2D eigenvalue weighted by Gasteiger charge is 2.30. The lowest BCUT2D eigenvalue weighted by Gasteiger charge is -2.09. The summed E-state index contributed by atoms with van der Waals surface area (Å²) in [4.78, 5) is 22.7. The highest BCUT2D eigenvalue weighted by Crippen LogP contribution is 2.31. The van der Waals surface area contributed by atoms with Crippen LogP contribution in [0.2, 0.25) is 0 Å². The third-order valence-electron chi connectivity index (χ3n) is 2.55. The molecule has 0 fully saturated rings. The van der Waals surface area contributed by atoms with E-state index < -0.39 is 23.6 Å². The molecule has 21 heavy (non-hydrogen) atoms. The molecule has 1 aromatic heterocycles. The Kier molecular flexibility index (Phi) is 3.99. The Balaban J connectivity index is 2.24. The van der Waals surface area contributed by atoms with Gasteiger partial charge in [-0.15, -0.1) is 11.3 Å². The van der Waals surface area contributed by atoms with Crippen molar-refractivity contribution in [2.24, 2.45) is 0 Å². The molecule has 4 nitrogen and oxygen atoms in total. The molecule has 0 bridgehead atoms. The number of carboxylic acid groups (broad SMARTS) is 1. The SMILES string of the molecule is O=C(O)c1ccsc1C(=O)Nc1cccc(C(F)(F)F)c1. The maximum absolute atomic E-state index is 12.6. The standard InChI is InChI=1S/C13H8F3NO3S/c14-13(15,16)7-2-1-3-8(6-7)17-11(18)10-9(12(19)20)4-5-21-10/h1-6H,(H,17,18)(H,19,20). The Morgan fingerprint density at radius 2 is 1.90 bits per heavy atom. The monoisotopic (exact) mass is 315 g/mol. The summed E-state index contributed by atoms with van der Waals surface area (Å²) in [5.41, 5.74) is -1.14. The van der Waals surface area contributed by atoms with E-state index in [1.807, 2.05) is 0 Å². The molecule has 1 amide bonds. The zero-order valence-electron chi connectivity index (χ0n) is 10.3. The molecule has 0 radical (unpaired) electrons. The van der Waals surface area contributed by atoms with Crippen LogP contribution in [0.4, 0.5) is 18.9 Å². The van der Waals surface area contributed by atoms with E-state index >= 15 is 0 Å². The molecule has 0 saturated heterocycles. The first-order valence-electron chi connectivity index (χ1n) is 5.58. The summed E-state index contributed by atoms with van der Waals surface area (Å²) >= 11 is 0.900.